The van der Waals surface area contributed by atoms with Crippen LogP contribution in [0.15, 0.2) is 36.5 Å². The Labute approximate surface area is 143 Å². The van der Waals surface area contributed by atoms with Gasteiger partial charge in [-0.2, -0.15) is 0 Å². The molecular formula is C17H16F2N4O2. The van der Waals surface area contributed by atoms with Crippen LogP contribution in [0.3, 0.4) is 0 Å². The highest BCUT2D eigenvalue weighted by molar-refractivity contribution is 5.93. The van der Waals surface area contributed by atoms with Crippen molar-refractivity contribution in [2.45, 2.75) is 0 Å². The summed E-state index contributed by atoms with van der Waals surface area (Å²) in [5.41, 5.74) is 0.785. The molecule has 1 saturated heterocycles. The predicted octanol–water partition coefficient (Wildman–Crippen LogP) is 2.02. The monoisotopic (exact) mass is 346 g/mol. The van der Waals surface area contributed by atoms with Crippen LogP contribution in [0, 0.1) is 11.6 Å². The van der Waals surface area contributed by atoms with Crippen LogP contribution in [-0.4, -0.2) is 53.3 Å². The molecule has 1 N–H and O–H groups in total. The lowest BCUT2D eigenvalue weighted by Crippen LogP contribution is -2.48. The van der Waals surface area contributed by atoms with E-state index in [1.54, 1.807) is 15.9 Å². The van der Waals surface area contributed by atoms with Gasteiger partial charge in [0.1, 0.15) is 17.3 Å². The van der Waals surface area contributed by atoms with Crippen molar-refractivity contribution in [1.82, 2.24) is 14.8 Å². The number of aromatic nitrogens is 1. The third-order valence-corrected chi connectivity index (χ3v) is 3.94. The van der Waals surface area contributed by atoms with Gasteiger partial charge in [0, 0.05) is 44.1 Å². The van der Waals surface area contributed by atoms with Crippen LogP contribution >= 0.6 is 0 Å². The number of pyridine rings is 1. The molecule has 1 aromatic heterocycles. The van der Waals surface area contributed by atoms with Gasteiger partial charge in [0.05, 0.1) is 5.69 Å². The first-order valence-corrected chi connectivity index (χ1v) is 7.73. The minimum atomic E-state index is -0.727. The first kappa shape index (κ1) is 16.8. The number of halogens is 2. The lowest BCUT2D eigenvalue weighted by molar-refractivity contribution is -0.119. The standard InChI is InChI=1S/C17H16F2N4O2/c18-12-1-2-15(14(19)9-12)21-13-3-4-20-16(10-13)17(25)23-7-5-22(11-24)6-8-23/h1-4,9-11H,5-8H2,(H,20,21). The molecule has 1 aromatic carbocycles. The second-order valence-corrected chi connectivity index (χ2v) is 5.61. The zero-order chi connectivity index (χ0) is 17.8. The Morgan fingerprint density at radius 2 is 1.88 bits per heavy atom. The number of rotatable bonds is 4. The van der Waals surface area contributed by atoms with Gasteiger partial charge in [-0.1, -0.05) is 0 Å². The molecule has 0 aliphatic carbocycles. The Morgan fingerprint density at radius 3 is 2.56 bits per heavy atom. The number of amides is 2. The van der Waals surface area contributed by atoms with Gasteiger partial charge in [0.15, 0.2) is 0 Å². The van der Waals surface area contributed by atoms with Gasteiger partial charge in [0.2, 0.25) is 6.41 Å². The average molecular weight is 346 g/mol. The van der Waals surface area contributed by atoms with Crippen molar-refractivity contribution >= 4 is 23.7 Å². The van der Waals surface area contributed by atoms with Crippen LogP contribution in [0.5, 0.6) is 0 Å². The number of nitrogens with one attached hydrogen (secondary N) is 1. The number of benzene rings is 1. The van der Waals surface area contributed by atoms with Gasteiger partial charge in [-0.3, -0.25) is 14.6 Å². The maximum absolute atomic E-state index is 13.7. The van der Waals surface area contributed by atoms with Crippen LogP contribution < -0.4 is 5.32 Å². The minimum absolute atomic E-state index is 0.102. The summed E-state index contributed by atoms with van der Waals surface area (Å²) in [6.07, 6.45) is 2.21. The summed E-state index contributed by atoms with van der Waals surface area (Å²) in [6, 6.07) is 6.31. The Balaban J connectivity index is 1.73. The van der Waals surface area contributed by atoms with E-state index in [9.17, 15) is 18.4 Å². The highest BCUT2D eigenvalue weighted by Gasteiger charge is 2.22. The van der Waals surface area contributed by atoms with E-state index in [0.717, 1.165) is 18.5 Å². The Hall–Kier alpha value is -3.03. The maximum atomic E-state index is 13.7. The second-order valence-electron chi connectivity index (χ2n) is 5.61. The van der Waals surface area contributed by atoms with Gasteiger partial charge in [0.25, 0.3) is 5.91 Å². The maximum Gasteiger partial charge on any atom is 0.272 e. The second kappa shape index (κ2) is 7.25. The number of carbonyl (C=O) groups is 2. The van der Waals surface area contributed by atoms with Gasteiger partial charge < -0.3 is 15.1 Å². The topological polar surface area (TPSA) is 65.5 Å². The average Bonchev–Trinajstić information content (AvgIpc) is 2.64. The summed E-state index contributed by atoms with van der Waals surface area (Å²) < 4.78 is 26.7. The summed E-state index contributed by atoms with van der Waals surface area (Å²) in [6.45, 7) is 1.83. The molecule has 8 heteroatoms. The van der Waals surface area contributed by atoms with E-state index in [0.29, 0.717) is 31.9 Å². The van der Waals surface area contributed by atoms with Crippen molar-refractivity contribution in [3.05, 3.63) is 53.9 Å². The zero-order valence-electron chi connectivity index (χ0n) is 13.3. The van der Waals surface area contributed by atoms with Gasteiger partial charge in [-0.15, -0.1) is 0 Å². The van der Waals surface area contributed by atoms with Crippen molar-refractivity contribution in [2.75, 3.05) is 31.5 Å². The van der Waals surface area contributed by atoms with Crippen LogP contribution in [0.25, 0.3) is 0 Å². The summed E-state index contributed by atoms with van der Waals surface area (Å²) in [5.74, 6) is -1.65. The largest absolute Gasteiger partial charge is 0.353 e. The van der Waals surface area contributed by atoms with Crippen LogP contribution in [0.1, 0.15) is 10.5 Å². The fraction of sp³-hybridized carbons (Fsp3) is 0.235. The number of nitrogens with zero attached hydrogens (tertiary/aromatic N) is 3. The summed E-state index contributed by atoms with van der Waals surface area (Å²) in [4.78, 5) is 30.5. The van der Waals surface area contributed by atoms with E-state index in [4.69, 9.17) is 0 Å². The van der Waals surface area contributed by atoms with Crippen molar-refractivity contribution < 1.29 is 18.4 Å². The number of anilines is 2. The molecule has 2 amide bonds. The zero-order valence-corrected chi connectivity index (χ0v) is 13.3. The molecular weight excluding hydrogens is 330 g/mol. The Morgan fingerprint density at radius 1 is 1.12 bits per heavy atom. The lowest BCUT2D eigenvalue weighted by Gasteiger charge is -2.32. The molecule has 1 fully saturated rings. The number of hydrogen-bond acceptors (Lipinski definition) is 4. The van der Waals surface area contributed by atoms with Crippen molar-refractivity contribution in [3.63, 3.8) is 0 Å². The molecule has 0 atom stereocenters. The summed E-state index contributed by atoms with van der Waals surface area (Å²) in [7, 11) is 0. The van der Waals surface area contributed by atoms with E-state index >= 15 is 0 Å². The van der Waals surface area contributed by atoms with Crippen LogP contribution in [-0.2, 0) is 4.79 Å². The highest BCUT2D eigenvalue weighted by atomic mass is 19.1. The van der Waals surface area contributed by atoms with E-state index in [-0.39, 0.29) is 17.3 Å². The molecule has 0 saturated carbocycles. The minimum Gasteiger partial charge on any atom is -0.353 e. The van der Waals surface area contributed by atoms with Crippen LogP contribution in [0.2, 0.25) is 0 Å². The molecule has 0 spiro atoms. The SMILES string of the molecule is O=CN1CCN(C(=O)c2cc(Nc3ccc(F)cc3F)ccn2)CC1. The smallest absolute Gasteiger partial charge is 0.272 e. The normalized spacial score (nSPS) is 14.3. The quantitative estimate of drug-likeness (QED) is 0.860. The Bertz CT molecular complexity index is 792. The summed E-state index contributed by atoms with van der Waals surface area (Å²) >= 11 is 0. The predicted molar refractivity (Wildman–Crippen MR) is 87.4 cm³/mol. The van der Waals surface area contributed by atoms with Gasteiger partial charge in [-0.05, 0) is 24.3 Å². The van der Waals surface area contributed by atoms with Gasteiger partial charge >= 0.3 is 0 Å². The fourth-order valence-corrected chi connectivity index (χ4v) is 2.56. The molecule has 130 valence electrons. The highest BCUT2D eigenvalue weighted by Crippen LogP contribution is 2.21. The number of piperazine rings is 1. The molecule has 6 nitrogen and oxygen atoms in total. The van der Waals surface area contributed by atoms with Crippen molar-refractivity contribution in [2.24, 2.45) is 0 Å². The van der Waals surface area contributed by atoms with E-state index < -0.39 is 11.6 Å². The fourth-order valence-electron chi connectivity index (χ4n) is 2.56. The van der Waals surface area contributed by atoms with Crippen molar-refractivity contribution in [3.8, 4) is 0 Å². The molecule has 2 aromatic rings. The third kappa shape index (κ3) is 3.90. The molecule has 3 rings (SSSR count). The summed E-state index contributed by atoms with van der Waals surface area (Å²) in [5, 5.41) is 2.81. The number of carbonyl (C=O) groups excluding carboxylic acids is 2. The molecule has 0 unspecified atom stereocenters. The van der Waals surface area contributed by atoms with Crippen molar-refractivity contribution in [1.29, 1.82) is 0 Å². The van der Waals surface area contributed by atoms with Gasteiger partial charge in [-0.25, -0.2) is 8.78 Å². The molecule has 0 radical (unpaired) electrons. The lowest BCUT2D eigenvalue weighted by atomic mass is 10.2. The molecule has 25 heavy (non-hydrogen) atoms. The Kier molecular flexibility index (Phi) is 4.87. The molecule has 1 aliphatic rings. The van der Waals surface area contributed by atoms with E-state index in [2.05, 4.69) is 10.3 Å². The molecule has 1 aliphatic heterocycles. The van der Waals surface area contributed by atoms with E-state index in [1.807, 2.05) is 0 Å². The van der Waals surface area contributed by atoms with Crippen LogP contribution in [0.4, 0.5) is 20.2 Å². The van der Waals surface area contributed by atoms with E-state index in [1.165, 1.54) is 18.3 Å². The first-order valence-electron chi connectivity index (χ1n) is 7.73. The first-order chi connectivity index (χ1) is 12.1. The third-order valence-electron chi connectivity index (χ3n) is 3.94. The molecule has 2 heterocycles. The molecule has 0 bridgehead atoms. The number of hydrogen-bond donors (Lipinski definition) is 1.